The lowest BCUT2D eigenvalue weighted by Gasteiger charge is -1.99. The molecule has 0 aromatic heterocycles. The standard InChI is InChI=1S/C8H13NO5/c10-8(11)4-3-7-14-6-2-1-5-9(12)13/h1,5H,2-4,6-7H2,(H,10,11). The number of ether oxygens (including phenoxy) is 1. The molecular weight excluding hydrogens is 190 g/mol. The highest BCUT2D eigenvalue weighted by molar-refractivity contribution is 5.66. The van der Waals surface area contributed by atoms with E-state index >= 15 is 0 Å². The van der Waals surface area contributed by atoms with Crippen molar-refractivity contribution in [2.24, 2.45) is 0 Å². The SMILES string of the molecule is O=C(O)CCCOCCC=C[N+](=O)[O-]. The van der Waals surface area contributed by atoms with Crippen LogP contribution in [0.5, 0.6) is 0 Å². The first-order valence-electron chi connectivity index (χ1n) is 4.22. The zero-order valence-electron chi connectivity index (χ0n) is 7.72. The molecule has 6 nitrogen and oxygen atoms in total. The fourth-order valence-corrected chi connectivity index (χ4v) is 0.739. The molecule has 0 spiro atoms. The van der Waals surface area contributed by atoms with Gasteiger partial charge in [-0.25, -0.2) is 0 Å². The largest absolute Gasteiger partial charge is 0.481 e. The summed E-state index contributed by atoms with van der Waals surface area (Å²) in [5.74, 6) is -0.846. The van der Waals surface area contributed by atoms with Gasteiger partial charge in [-0.3, -0.25) is 14.9 Å². The number of aliphatic carboxylic acids is 1. The molecule has 0 heterocycles. The highest BCUT2D eigenvalue weighted by atomic mass is 16.6. The van der Waals surface area contributed by atoms with Gasteiger partial charge in [0.1, 0.15) is 0 Å². The van der Waals surface area contributed by atoms with E-state index in [0.29, 0.717) is 26.1 Å². The number of nitro groups is 1. The fraction of sp³-hybridized carbons (Fsp3) is 0.625. The number of carboxylic acid groups (broad SMARTS) is 1. The van der Waals surface area contributed by atoms with E-state index in [1.807, 2.05) is 0 Å². The Balaban J connectivity index is 3.14. The summed E-state index contributed by atoms with van der Waals surface area (Å²) in [6.45, 7) is 0.753. The van der Waals surface area contributed by atoms with Crippen molar-refractivity contribution in [3.8, 4) is 0 Å². The maximum atomic E-state index is 10.1. The quantitative estimate of drug-likeness (QED) is 0.361. The van der Waals surface area contributed by atoms with Gasteiger partial charge in [-0.2, -0.15) is 0 Å². The van der Waals surface area contributed by atoms with Crippen LogP contribution < -0.4 is 0 Å². The third-order valence-corrected chi connectivity index (χ3v) is 1.34. The van der Waals surface area contributed by atoms with E-state index in [9.17, 15) is 14.9 Å². The summed E-state index contributed by atoms with van der Waals surface area (Å²) in [5, 5.41) is 18.1. The van der Waals surface area contributed by atoms with Crippen LogP contribution in [0.2, 0.25) is 0 Å². The van der Waals surface area contributed by atoms with Crippen molar-refractivity contribution in [2.45, 2.75) is 19.3 Å². The third kappa shape index (κ3) is 10.6. The number of hydrogen-bond donors (Lipinski definition) is 1. The second-order valence-electron chi connectivity index (χ2n) is 2.57. The van der Waals surface area contributed by atoms with Gasteiger partial charge < -0.3 is 9.84 Å². The van der Waals surface area contributed by atoms with Crippen molar-refractivity contribution < 1.29 is 19.6 Å². The number of nitrogens with zero attached hydrogens (tertiary/aromatic N) is 1. The molecule has 0 aromatic carbocycles. The number of rotatable bonds is 8. The van der Waals surface area contributed by atoms with Crippen LogP contribution in [0.3, 0.4) is 0 Å². The summed E-state index contributed by atoms with van der Waals surface area (Å²) >= 11 is 0. The minimum absolute atomic E-state index is 0.0880. The second kappa shape index (κ2) is 8.18. The van der Waals surface area contributed by atoms with Crippen molar-refractivity contribution >= 4 is 5.97 Å². The van der Waals surface area contributed by atoms with Crippen molar-refractivity contribution in [1.82, 2.24) is 0 Å². The highest BCUT2D eigenvalue weighted by Gasteiger charge is 1.95. The fourth-order valence-electron chi connectivity index (χ4n) is 0.739. The van der Waals surface area contributed by atoms with Gasteiger partial charge in [0.15, 0.2) is 0 Å². The van der Waals surface area contributed by atoms with Gasteiger partial charge in [0.25, 0.3) is 0 Å². The van der Waals surface area contributed by atoms with Crippen LogP contribution in [0.15, 0.2) is 12.3 Å². The molecule has 0 rings (SSSR count). The Morgan fingerprint density at radius 2 is 2.21 bits per heavy atom. The van der Waals surface area contributed by atoms with Crippen LogP contribution in [0.4, 0.5) is 0 Å². The van der Waals surface area contributed by atoms with E-state index in [4.69, 9.17) is 9.84 Å². The summed E-state index contributed by atoms with van der Waals surface area (Å²) < 4.78 is 5.03. The van der Waals surface area contributed by atoms with E-state index in [1.54, 1.807) is 0 Å². The first kappa shape index (κ1) is 12.6. The average Bonchev–Trinajstić information content (AvgIpc) is 2.08. The lowest BCUT2D eigenvalue weighted by Crippen LogP contribution is -2.00. The minimum atomic E-state index is -0.846. The van der Waals surface area contributed by atoms with Crippen molar-refractivity contribution in [3.05, 3.63) is 22.4 Å². The normalized spacial score (nSPS) is 10.6. The van der Waals surface area contributed by atoms with Gasteiger partial charge in [0, 0.05) is 13.0 Å². The molecule has 0 bridgehead atoms. The van der Waals surface area contributed by atoms with Crippen LogP contribution in [0, 0.1) is 10.1 Å². The predicted octanol–water partition coefficient (Wildman–Crippen LogP) is 1.05. The van der Waals surface area contributed by atoms with Crippen LogP contribution in [-0.2, 0) is 9.53 Å². The molecular formula is C8H13NO5. The lowest BCUT2D eigenvalue weighted by atomic mass is 10.3. The number of carbonyl (C=O) groups is 1. The van der Waals surface area contributed by atoms with E-state index in [0.717, 1.165) is 6.20 Å². The number of hydrogen-bond acceptors (Lipinski definition) is 4. The molecule has 1 N–H and O–H groups in total. The van der Waals surface area contributed by atoms with Crippen LogP contribution in [-0.4, -0.2) is 29.2 Å². The summed E-state index contributed by atoms with van der Waals surface area (Å²) in [6.07, 6.45) is 3.28. The van der Waals surface area contributed by atoms with Crippen molar-refractivity contribution in [1.29, 1.82) is 0 Å². The Bertz CT molecular complexity index is 214. The summed E-state index contributed by atoms with van der Waals surface area (Å²) in [7, 11) is 0. The monoisotopic (exact) mass is 203 g/mol. The van der Waals surface area contributed by atoms with Crippen molar-refractivity contribution in [2.75, 3.05) is 13.2 Å². The van der Waals surface area contributed by atoms with Gasteiger partial charge >= 0.3 is 5.97 Å². The highest BCUT2D eigenvalue weighted by Crippen LogP contribution is 1.92. The van der Waals surface area contributed by atoms with E-state index in [1.165, 1.54) is 6.08 Å². The van der Waals surface area contributed by atoms with Gasteiger partial charge in [-0.05, 0) is 18.9 Å². The maximum absolute atomic E-state index is 10.1. The zero-order valence-corrected chi connectivity index (χ0v) is 7.72. The van der Waals surface area contributed by atoms with Gasteiger partial charge in [0.05, 0.1) is 11.5 Å². The van der Waals surface area contributed by atoms with Crippen LogP contribution >= 0.6 is 0 Å². The van der Waals surface area contributed by atoms with Gasteiger partial charge in [0.2, 0.25) is 6.20 Å². The molecule has 0 aliphatic rings. The molecule has 0 aliphatic carbocycles. The molecule has 0 saturated heterocycles. The molecule has 14 heavy (non-hydrogen) atoms. The Morgan fingerprint density at radius 3 is 2.79 bits per heavy atom. The predicted molar refractivity (Wildman–Crippen MR) is 48.4 cm³/mol. The summed E-state index contributed by atoms with van der Waals surface area (Å²) in [6, 6.07) is 0. The molecule has 0 radical (unpaired) electrons. The molecule has 0 aromatic rings. The molecule has 0 unspecified atom stereocenters. The Morgan fingerprint density at radius 1 is 1.50 bits per heavy atom. The summed E-state index contributed by atoms with van der Waals surface area (Å²) in [5.41, 5.74) is 0. The van der Waals surface area contributed by atoms with E-state index in [2.05, 4.69) is 0 Å². The van der Waals surface area contributed by atoms with Gasteiger partial charge in [-0.15, -0.1) is 0 Å². The minimum Gasteiger partial charge on any atom is -0.481 e. The topological polar surface area (TPSA) is 89.7 Å². The third-order valence-electron chi connectivity index (χ3n) is 1.34. The second-order valence-corrected chi connectivity index (χ2v) is 2.57. The molecule has 0 fully saturated rings. The molecule has 6 heteroatoms. The lowest BCUT2D eigenvalue weighted by molar-refractivity contribution is -0.402. The van der Waals surface area contributed by atoms with Crippen LogP contribution in [0.1, 0.15) is 19.3 Å². The number of carboxylic acids is 1. The van der Waals surface area contributed by atoms with Crippen LogP contribution in [0.25, 0.3) is 0 Å². The zero-order chi connectivity index (χ0) is 10.8. The van der Waals surface area contributed by atoms with E-state index in [-0.39, 0.29) is 6.42 Å². The first-order chi connectivity index (χ1) is 6.63. The molecule has 80 valence electrons. The Labute approximate surface area is 81.3 Å². The van der Waals surface area contributed by atoms with Crippen molar-refractivity contribution in [3.63, 3.8) is 0 Å². The van der Waals surface area contributed by atoms with Gasteiger partial charge in [-0.1, -0.05) is 0 Å². The maximum Gasteiger partial charge on any atom is 0.303 e. The Kier molecular flexibility index (Phi) is 7.35. The van der Waals surface area contributed by atoms with E-state index < -0.39 is 10.9 Å². The smallest absolute Gasteiger partial charge is 0.303 e. The first-order valence-corrected chi connectivity index (χ1v) is 4.22. The summed E-state index contributed by atoms with van der Waals surface area (Å²) in [4.78, 5) is 19.4. The molecule has 0 amide bonds. The molecule has 0 atom stereocenters. The average molecular weight is 203 g/mol. The Hall–Kier alpha value is -1.43. The molecule has 0 saturated carbocycles. The molecule has 0 aliphatic heterocycles.